The van der Waals surface area contributed by atoms with E-state index in [0.717, 1.165) is 30.2 Å². The van der Waals surface area contributed by atoms with Crippen LogP contribution in [0, 0.1) is 0 Å². The van der Waals surface area contributed by atoms with Crippen molar-refractivity contribution >= 4 is 0 Å². The van der Waals surface area contributed by atoms with Crippen molar-refractivity contribution in [3.8, 4) is 11.5 Å². The van der Waals surface area contributed by atoms with Gasteiger partial charge >= 0.3 is 0 Å². The van der Waals surface area contributed by atoms with Gasteiger partial charge in [0.05, 0.1) is 13.2 Å². The number of benzene rings is 2. The Labute approximate surface area is 131 Å². The first-order chi connectivity index (χ1) is 10.8. The van der Waals surface area contributed by atoms with Gasteiger partial charge in [0, 0.05) is 20.2 Å². The van der Waals surface area contributed by atoms with Crippen LogP contribution in [-0.4, -0.2) is 20.8 Å². The maximum atomic E-state index is 5.97. The van der Waals surface area contributed by atoms with E-state index in [9.17, 15) is 0 Å². The van der Waals surface area contributed by atoms with Crippen LogP contribution >= 0.6 is 0 Å². The van der Waals surface area contributed by atoms with Crippen molar-refractivity contribution in [3.05, 3.63) is 59.2 Å². The van der Waals surface area contributed by atoms with Crippen molar-refractivity contribution in [2.24, 2.45) is 0 Å². The number of hydrogen-bond donors (Lipinski definition) is 1. The Balaban J connectivity index is 1.86. The highest BCUT2D eigenvalue weighted by Crippen LogP contribution is 2.36. The fourth-order valence-electron chi connectivity index (χ4n) is 2.74. The molecule has 0 amide bonds. The van der Waals surface area contributed by atoms with Crippen LogP contribution < -0.4 is 14.8 Å². The van der Waals surface area contributed by atoms with E-state index in [-0.39, 0.29) is 6.10 Å². The topological polar surface area (TPSA) is 39.7 Å². The van der Waals surface area contributed by atoms with E-state index in [0.29, 0.717) is 6.61 Å². The molecule has 0 saturated carbocycles. The maximum absolute atomic E-state index is 5.97. The van der Waals surface area contributed by atoms with Gasteiger partial charge in [0.25, 0.3) is 0 Å². The predicted octanol–water partition coefficient (Wildman–Crippen LogP) is 3.06. The summed E-state index contributed by atoms with van der Waals surface area (Å²) in [4.78, 5) is 0. The molecule has 1 N–H and O–H groups in total. The molecule has 3 rings (SSSR count). The first-order valence-electron chi connectivity index (χ1n) is 7.43. The van der Waals surface area contributed by atoms with Gasteiger partial charge in [-0.1, -0.05) is 30.3 Å². The smallest absolute Gasteiger partial charge is 0.162 e. The molecular formula is C18H21NO3. The van der Waals surface area contributed by atoms with Gasteiger partial charge < -0.3 is 19.5 Å². The minimum atomic E-state index is 0.0498. The number of rotatable bonds is 5. The molecule has 1 atom stereocenters. The van der Waals surface area contributed by atoms with Crippen molar-refractivity contribution in [1.29, 1.82) is 0 Å². The molecule has 2 aromatic carbocycles. The van der Waals surface area contributed by atoms with E-state index in [2.05, 4.69) is 5.32 Å². The summed E-state index contributed by atoms with van der Waals surface area (Å²) in [6.45, 7) is 2.16. The SMILES string of the molecule is COc1cc2c(cc1OCc1ccccc1)C(OC)CNC2. The van der Waals surface area contributed by atoms with Gasteiger partial charge in [-0.05, 0) is 28.8 Å². The summed E-state index contributed by atoms with van der Waals surface area (Å²) in [6.07, 6.45) is 0.0498. The second-order valence-electron chi connectivity index (χ2n) is 5.33. The van der Waals surface area contributed by atoms with Crippen molar-refractivity contribution in [2.45, 2.75) is 19.3 Å². The highest BCUT2D eigenvalue weighted by molar-refractivity contribution is 5.49. The first kappa shape index (κ1) is 14.9. The zero-order valence-corrected chi connectivity index (χ0v) is 13.0. The fourth-order valence-corrected chi connectivity index (χ4v) is 2.74. The number of fused-ring (bicyclic) bond motifs is 1. The zero-order chi connectivity index (χ0) is 15.4. The third-order valence-electron chi connectivity index (χ3n) is 3.94. The summed E-state index contributed by atoms with van der Waals surface area (Å²) < 4.78 is 17.0. The van der Waals surface area contributed by atoms with Crippen LogP contribution in [0.5, 0.6) is 11.5 Å². The lowest BCUT2D eigenvalue weighted by Gasteiger charge is -2.26. The molecular weight excluding hydrogens is 278 g/mol. The molecule has 0 radical (unpaired) electrons. The number of methoxy groups -OCH3 is 2. The molecule has 0 aromatic heterocycles. The van der Waals surface area contributed by atoms with Gasteiger partial charge in [0.2, 0.25) is 0 Å². The van der Waals surface area contributed by atoms with Crippen LogP contribution in [0.2, 0.25) is 0 Å². The normalized spacial score (nSPS) is 16.9. The Hall–Kier alpha value is -2.04. The molecule has 4 heteroatoms. The molecule has 1 aliphatic heterocycles. The average Bonchev–Trinajstić information content (AvgIpc) is 2.59. The van der Waals surface area contributed by atoms with E-state index in [1.165, 1.54) is 11.1 Å². The molecule has 1 heterocycles. The van der Waals surface area contributed by atoms with Crippen molar-refractivity contribution in [2.75, 3.05) is 20.8 Å². The molecule has 0 bridgehead atoms. The Bertz CT molecular complexity index is 628. The van der Waals surface area contributed by atoms with E-state index in [4.69, 9.17) is 14.2 Å². The van der Waals surface area contributed by atoms with Gasteiger partial charge in [-0.2, -0.15) is 0 Å². The van der Waals surface area contributed by atoms with Gasteiger partial charge in [-0.25, -0.2) is 0 Å². The minimum Gasteiger partial charge on any atom is -0.493 e. The molecule has 0 saturated heterocycles. The number of ether oxygens (including phenoxy) is 3. The van der Waals surface area contributed by atoms with Crippen LogP contribution in [0.1, 0.15) is 22.8 Å². The summed E-state index contributed by atoms with van der Waals surface area (Å²) in [5.74, 6) is 1.52. The summed E-state index contributed by atoms with van der Waals surface area (Å²) in [5.41, 5.74) is 3.50. The molecule has 1 aliphatic rings. The molecule has 0 aliphatic carbocycles. The Kier molecular flexibility index (Phi) is 4.61. The minimum absolute atomic E-state index is 0.0498. The van der Waals surface area contributed by atoms with E-state index < -0.39 is 0 Å². The van der Waals surface area contributed by atoms with Crippen LogP contribution in [0.4, 0.5) is 0 Å². The molecule has 4 nitrogen and oxygen atoms in total. The second kappa shape index (κ2) is 6.81. The highest BCUT2D eigenvalue weighted by Gasteiger charge is 2.22. The highest BCUT2D eigenvalue weighted by atomic mass is 16.5. The van der Waals surface area contributed by atoms with Crippen LogP contribution in [-0.2, 0) is 17.9 Å². The third kappa shape index (κ3) is 3.08. The van der Waals surface area contributed by atoms with Crippen molar-refractivity contribution in [3.63, 3.8) is 0 Å². The zero-order valence-electron chi connectivity index (χ0n) is 13.0. The van der Waals surface area contributed by atoms with Crippen LogP contribution in [0.15, 0.2) is 42.5 Å². The maximum Gasteiger partial charge on any atom is 0.162 e. The monoisotopic (exact) mass is 299 g/mol. The number of hydrogen-bond acceptors (Lipinski definition) is 4. The van der Waals surface area contributed by atoms with E-state index in [1.807, 2.05) is 42.5 Å². The van der Waals surface area contributed by atoms with Gasteiger partial charge in [-0.3, -0.25) is 0 Å². The lowest BCUT2D eigenvalue weighted by molar-refractivity contribution is 0.0950. The summed E-state index contributed by atoms with van der Waals surface area (Å²) in [5, 5.41) is 3.35. The van der Waals surface area contributed by atoms with Crippen molar-refractivity contribution in [1.82, 2.24) is 5.32 Å². The lowest BCUT2D eigenvalue weighted by Crippen LogP contribution is -2.29. The summed E-state index contributed by atoms with van der Waals surface area (Å²) in [6, 6.07) is 14.2. The predicted molar refractivity (Wildman–Crippen MR) is 85.2 cm³/mol. The summed E-state index contributed by atoms with van der Waals surface area (Å²) in [7, 11) is 3.40. The lowest BCUT2D eigenvalue weighted by atomic mass is 9.97. The molecule has 0 spiro atoms. The van der Waals surface area contributed by atoms with Gasteiger partial charge in [-0.15, -0.1) is 0 Å². The van der Waals surface area contributed by atoms with E-state index >= 15 is 0 Å². The van der Waals surface area contributed by atoms with Gasteiger partial charge in [0.15, 0.2) is 11.5 Å². The summed E-state index contributed by atoms with van der Waals surface area (Å²) >= 11 is 0. The number of nitrogens with one attached hydrogen (secondary N) is 1. The molecule has 22 heavy (non-hydrogen) atoms. The molecule has 116 valence electrons. The molecule has 2 aromatic rings. The van der Waals surface area contributed by atoms with Crippen LogP contribution in [0.25, 0.3) is 0 Å². The van der Waals surface area contributed by atoms with E-state index in [1.54, 1.807) is 14.2 Å². The second-order valence-corrected chi connectivity index (χ2v) is 5.33. The Morgan fingerprint density at radius 2 is 1.91 bits per heavy atom. The largest absolute Gasteiger partial charge is 0.493 e. The first-order valence-corrected chi connectivity index (χ1v) is 7.43. The third-order valence-corrected chi connectivity index (χ3v) is 3.94. The van der Waals surface area contributed by atoms with Crippen LogP contribution in [0.3, 0.4) is 0 Å². The molecule has 0 fully saturated rings. The average molecular weight is 299 g/mol. The Morgan fingerprint density at radius 1 is 1.09 bits per heavy atom. The van der Waals surface area contributed by atoms with Crippen molar-refractivity contribution < 1.29 is 14.2 Å². The quantitative estimate of drug-likeness (QED) is 0.921. The fraction of sp³-hybridized carbons (Fsp3) is 0.333. The standard InChI is InChI=1S/C18H21NO3/c1-20-16-8-14-10-19-11-18(21-2)15(14)9-17(16)22-12-13-6-4-3-5-7-13/h3-9,18-19H,10-12H2,1-2H3. The van der Waals surface area contributed by atoms with Gasteiger partial charge in [0.1, 0.15) is 6.61 Å². The Morgan fingerprint density at radius 3 is 2.64 bits per heavy atom. The molecule has 1 unspecified atom stereocenters.